The molecule has 0 amide bonds. The first kappa shape index (κ1) is 17.1. The number of ether oxygens (including phenoxy) is 3. The molecule has 0 radical (unpaired) electrons. The predicted octanol–water partition coefficient (Wildman–Crippen LogP) is 3.27. The van der Waals surface area contributed by atoms with E-state index < -0.39 is 11.8 Å². The van der Waals surface area contributed by atoms with E-state index >= 15 is 0 Å². The lowest BCUT2D eigenvalue weighted by atomic mass is 9.55. The van der Waals surface area contributed by atoms with Gasteiger partial charge in [0.25, 0.3) is 0 Å². The highest BCUT2D eigenvalue weighted by Gasteiger charge is 2.60. The molecule has 4 rings (SSSR count). The summed E-state index contributed by atoms with van der Waals surface area (Å²) < 4.78 is 16.1. The van der Waals surface area contributed by atoms with Crippen LogP contribution in [-0.2, 0) is 25.7 Å². The first-order chi connectivity index (χ1) is 12.6. The van der Waals surface area contributed by atoms with Crippen LogP contribution >= 0.6 is 0 Å². The van der Waals surface area contributed by atoms with Gasteiger partial charge in [0.1, 0.15) is 12.4 Å². The van der Waals surface area contributed by atoms with Crippen molar-refractivity contribution in [3.63, 3.8) is 0 Å². The third-order valence-electron chi connectivity index (χ3n) is 6.22. The van der Waals surface area contributed by atoms with Crippen molar-refractivity contribution in [2.75, 3.05) is 13.7 Å². The minimum absolute atomic E-state index is 0.186. The van der Waals surface area contributed by atoms with Crippen molar-refractivity contribution in [3.8, 4) is 5.75 Å². The molecule has 1 aromatic carbocycles. The van der Waals surface area contributed by atoms with Gasteiger partial charge in [-0.05, 0) is 36.5 Å². The lowest BCUT2D eigenvalue weighted by Crippen LogP contribution is -2.47. The fourth-order valence-corrected chi connectivity index (χ4v) is 4.82. The summed E-state index contributed by atoms with van der Waals surface area (Å²) in [7, 11) is 1.61. The Morgan fingerprint density at radius 1 is 1.23 bits per heavy atom. The molecule has 1 saturated heterocycles. The largest absolute Gasteiger partial charge is 0.497 e. The van der Waals surface area contributed by atoms with Crippen LogP contribution in [0.4, 0.5) is 0 Å². The smallest absolute Gasteiger partial charge is 0.314 e. The van der Waals surface area contributed by atoms with Crippen molar-refractivity contribution in [1.29, 1.82) is 0 Å². The molecule has 2 aliphatic carbocycles. The van der Waals surface area contributed by atoms with Crippen molar-refractivity contribution in [1.82, 2.24) is 0 Å². The second kappa shape index (κ2) is 6.78. The van der Waals surface area contributed by atoms with Crippen LogP contribution in [-0.4, -0.2) is 25.7 Å². The molecule has 0 N–H and O–H groups in total. The van der Waals surface area contributed by atoms with Crippen LogP contribution in [0.5, 0.6) is 5.75 Å². The highest BCUT2D eigenvalue weighted by molar-refractivity contribution is 5.86. The van der Waals surface area contributed by atoms with Gasteiger partial charge in [-0.3, -0.25) is 9.59 Å². The van der Waals surface area contributed by atoms with Crippen LogP contribution in [0, 0.1) is 23.2 Å². The summed E-state index contributed by atoms with van der Waals surface area (Å²) in [4.78, 5) is 25.2. The van der Waals surface area contributed by atoms with Crippen LogP contribution in [0.15, 0.2) is 36.4 Å². The normalized spacial score (nSPS) is 32.3. The average Bonchev–Trinajstić information content (AvgIpc) is 3.02. The Hall–Kier alpha value is -2.30. The molecular weight excluding hydrogens is 332 g/mol. The van der Waals surface area contributed by atoms with Gasteiger partial charge in [0, 0.05) is 5.41 Å². The molecule has 138 valence electrons. The number of rotatable bonds is 4. The van der Waals surface area contributed by atoms with Gasteiger partial charge in [-0.25, -0.2) is 0 Å². The third-order valence-corrected chi connectivity index (χ3v) is 6.22. The molecule has 1 spiro atoms. The number of hydrogen-bond acceptors (Lipinski definition) is 5. The van der Waals surface area contributed by atoms with E-state index in [1.807, 2.05) is 30.3 Å². The van der Waals surface area contributed by atoms with Gasteiger partial charge in [0.15, 0.2) is 0 Å². The zero-order valence-corrected chi connectivity index (χ0v) is 15.0. The lowest BCUT2D eigenvalue weighted by Gasteiger charge is -2.45. The Kier molecular flexibility index (Phi) is 4.47. The van der Waals surface area contributed by atoms with E-state index in [2.05, 4.69) is 6.08 Å². The number of hydrogen-bond donors (Lipinski definition) is 0. The molecule has 1 heterocycles. The molecule has 1 saturated carbocycles. The molecule has 5 nitrogen and oxygen atoms in total. The number of allylic oxidation sites excluding steroid dienone is 1. The molecule has 2 fully saturated rings. The van der Waals surface area contributed by atoms with E-state index in [1.165, 1.54) is 6.42 Å². The van der Waals surface area contributed by atoms with Gasteiger partial charge >= 0.3 is 11.9 Å². The monoisotopic (exact) mass is 356 g/mol. The number of carbonyl (C=O) groups is 2. The van der Waals surface area contributed by atoms with Gasteiger partial charge in [-0.15, -0.1) is 0 Å². The molecule has 3 aliphatic rings. The van der Waals surface area contributed by atoms with Crippen molar-refractivity contribution < 1.29 is 23.8 Å². The molecule has 0 bridgehead atoms. The molecule has 5 heteroatoms. The second-order valence-corrected chi connectivity index (χ2v) is 7.54. The average molecular weight is 356 g/mol. The molecule has 1 aromatic rings. The zero-order valence-electron chi connectivity index (χ0n) is 15.0. The van der Waals surface area contributed by atoms with Crippen LogP contribution in [0.25, 0.3) is 0 Å². The van der Waals surface area contributed by atoms with E-state index in [0.717, 1.165) is 30.6 Å². The number of cyclic esters (lactones) is 1. The first-order valence-electron chi connectivity index (χ1n) is 9.28. The summed E-state index contributed by atoms with van der Waals surface area (Å²) in [6.45, 7) is 0.624. The Bertz CT molecular complexity index is 722. The lowest BCUT2D eigenvalue weighted by molar-refractivity contribution is -0.157. The number of carbonyl (C=O) groups excluding carboxylic acids is 2. The molecule has 0 aromatic heterocycles. The van der Waals surface area contributed by atoms with E-state index in [1.54, 1.807) is 7.11 Å². The maximum atomic E-state index is 12.7. The Balaban J connectivity index is 1.49. The fourth-order valence-electron chi connectivity index (χ4n) is 4.82. The number of benzene rings is 1. The summed E-state index contributed by atoms with van der Waals surface area (Å²) in [5, 5.41) is 0. The molecule has 1 aliphatic heterocycles. The van der Waals surface area contributed by atoms with Crippen LogP contribution in [0.1, 0.15) is 31.2 Å². The summed E-state index contributed by atoms with van der Waals surface area (Å²) >= 11 is 0. The summed E-state index contributed by atoms with van der Waals surface area (Å²) in [5.41, 5.74) is 0.673. The number of methoxy groups -OCH3 is 1. The number of esters is 2. The van der Waals surface area contributed by atoms with Gasteiger partial charge < -0.3 is 14.2 Å². The maximum Gasteiger partial charge on any atom is 0.314 e. The van der Waals surface area contributed by atoms with Crippen molar-refractivity contribution in [3.05, 3.63) is 42.0 Å². The third kappa shape index (κ3) is 2.79. The molecule has 2 unspecified atom stereocenters. The highest BCUT2D eigenvalue weighted by Crippen LogP contribution is 2.56. The van der Waals surface area contributed by atoms with Crippen molar-refractivity contribution in [2.45, 2.75) is 32.3 Å². The quantitative estimate of drug-likeness (QED) is 0.612. The van der Waals surface area contributed by atoms with Crippen LogP contribution in [0.3, 0.4) is 0 Å². The van der Waals surface area contributed by atoms with Gasteiger partial charge in [0.05, 0.1) is 25.6 Å². The van der Waals surface area contributed by atoms with Crippen molar-refractivity contribution >= 4 is 11.9 Å². The Morgan fingerprint density at radius 2 is 2.04 bits per heavy atom. The van der Waals surface area contributed by atoms with E-state index in [0.29, 0.717) is 12.5 Å². The van der Waals surface area contributed by atoms with E-state index in [4.69, 9.17) is 14.2 Å². The molecule has 26 heavy (non-hydrogen) atoms. The van der Waals surface area contributed by atoms with Gasteiger partial charge in [-0.2, -0.15) is 0 Å². The van der Waals surface area contributed by atoms with Crippen LogP contribution < -0.4 is 4.74 Å². The summed E-state index contributed by atoms with van der Waals surface area (Å²) in [5.74, 6) is -0.441. The van der Waals surface area contributed by atoms with E-state index in [9.17, 15) is 9.59 Å². The van der Waals surface area contributed by atoms with Gasteiger partial charge in [0.2, 0.25) is 0 Å². The minimum Gasteiger partial charge on any atom is -0.497 e. The topological polar surface area (TPSA) is 61.8 Å². The van der Waals surface area contributed by atoms with Crippen molar-refractivity contribution in [2.24, 2.45) is 23.2 Å². The van der Waals surface area contributed by atoms with E-state index in [-0.39, 0.29) is 24.0 Å². The molecular formula is C21H24O5. The fraction of sp³-hybridized carbons (Fsp3) is 0.524. The second-order valence-electron chi connectivity index (χ2n) is 7.54. The maximum absolute atomic E-state index is 12.7. The standard InChI is InChI=1S/C21H24O5/c1-24-16-8-5-14(6-9-16)12-25-19(22)17-10-7-15-4-2-3-11-21(15)13-26-20(23)18(17)21/h5-10,15,17-18H,2-4,11-13H2,1H3/t15-,17?,18?,21-/m1/s1. The Morgan fingerprint density at radius 3 is 2.81 bits per heavy atom. The SMILES string of the molecule is COc1ccc(COC(=O)C2C=C[C@H]3CCCC[C@@]34COC(=O)C24)cc1. The molecule has 4 atom stereocenters. The van der Waals surface area contributed by atoms with Gasteiger partial charge in [-0.1, -0.05) is 37.1 Å². The summed E-state index contributed by atoms with van der Waals surface area (Å²) in [6.07, 6.45) is 8.27. The zero-order chi connectivity index (χ0) is 18.1. The van der Waals surface area contributed by atoms with Crippen LogP contribution in [0.2, 0.25) is 0 Å². The predicted molar refractivity (Wildman–Crippen MR) is 94.3 cm³/mol. The first-order valence-corrected chi connectivity index (χ1v) is 9.28. The minimum atomic E-state index is -0.544. The summed E-state index contributed by atoms with van der Waals surface area (Å²) in [6, 6.07) is 7.40. The highest BCUT2D eigenvalue weighted by atomic mass is 16.5. The Labute approximate surface area is 153 Å².